The fraction of sp³-hybridized carbons (Fsp3) is 0.917. The second kappa shape index (κ2) is 6.83. The lowest BCUT2D eigenvalue weighted by Gasteiger charge is -2.28. The van der Waals surface area contributed by atoms with Crippen LogP contribution in [0.5, 0.6) is 0 Å². The Balaban J connectivity index is 0.000000921. The maximum Gasteiger partial charge on any atom is 0.242 e. The van der Waals surface area contributed by atoms with E-state index in [1.165, 1.54) is 0 Å². The van der Waals surface area contributed by atoms with Crippen LogP contribution < -0.4 is 5.73 Å². The van der Waals surface area contributed by atoms with Gasteiger partial charge >= 0.3 is 0 Å². The van der Waals surface area contributed by atoms with Crippen LogP contribution in [0.25, 0.3) is 0 Å². The molecule has 1 aliphatic rings. The summed E-state index contributed by atoms with van der Waals surface area (Å²) < 4.78 is 0. The first-order chi connectivity index (χ1) is 7.10. The zero-order valence-corrected chi connectivity index (χ0v) is 10.7. The average Bonchev–Trinajstić information content (AvgIpc) is 2.69. The second-order valence-electron chi connectivity index (χ2n) is 4.09. The highest BCUT2D eigenvalue weighted by Gasteiger charge is 2.38. The van der Waals surface area contributed by atoms with Crippen LogP contribution in [0.1, 0.15) is 52.9 Å². The van der Waals surface area contributed by atoms with Gasteiger partial charge in [0.2, 0.25) is 5.91 Å². The van der Waals surface area contributed by atoms with Gasteiger partial charge in [-0.15, -0.1) is 0 Å². The smallest absolute Gasteiger partial charge is 0.242 e. The lowest BCUT2D eigenvalue weighted by molar-refractivity contribution is -0.135. The lowest BCUT2D eigenvalue weighted by Crippen LogP contribution is -2.52. The Bertz CT molecular complexity index is 186. The molecule has 0 spiro atoms. The zero-order chi connectivity index (χ0) is 11.9. The van der Waals surface area contributed by atoms with E-state index >= 15 is 0 Å². The molecule has 1 amide bonds. The molecule has 15 heavy (non-hydrogen) atoms. The molecular formula is C12H26N2O. The lowest BCUT2D eigenvalue weighted by atomic mass is 9.97. The first kappa shape index (κ1) is 14.4. The van der Waals surface area contributed by atoms with Crippen LogP contribution in [0.15, 0.2) is 0 Å². The largest absolute Gasteiger partial charge is 0.344 e. The number of amides is 1. The molecule has 0 saturated heterocycles. The van der Waals surface area contributed by atoms with Gasteiger partial charge in [0.15, 0.2) is 0 Å². The molecule has 0 heterocycles. The fourth-order valence-corrected chi connectivity index (χ4v) is 2.04. The molecule has 3 heteroatoms. The number of hydrogen-bond donors (Lipinski definition) is 1. The Morgan fingerprint density at radius 3 is 2.20 bits per heavy atom. The molecule has 0 aromatic carbocycles. The van der Waals surface area contributed by atoms with Gasteiger partial charge in [-0.05, 0) is 19.3 Å². The number of rotatable bonds is 3. The number of carbonyl (C=O) groups is 1. The first-order valence-corrected chi connectivity index (χ1v) is 6.14. The van der Waals surface area contributed by atoms with E-state index in [-0.39, 0.29) is 5.91 Å². The Morgan fingerprint density at radius 2 is 1.80 bits per heavy atom. The maximum atomic E-state index is 11.9. The maximum absolute atomic E-state index is 11.9. The minimum atomic E-state index is -0.538. The van der Waals surface area contributed by atoms with E-state index in [2.05, 4.69) is 6.92 Å². The van der Waals surface area contributed by atoms with Crippen molar-refractivity contribution in [1.29, 1.82) is 0 Å². The van der Waals surface area contributed by atoms with Gasteiger partial charge in [0.1, 0.15) is 0 Å². The molecule has 1 saturated carbocycles. The van der Waals surface area contributed by atoms with Crippen molar-refractivity contribution in [1.82, 2.24) is 4.90 Å². The summed E-state index contributed by atoms with van der Waals surface area (Å²) >= 11 is 0. The van der Waals surface area contributed by atoms with Crippen molar-refractivity contribution in [3.05, 3.63) is 0 Å². The van der Waals surface area contributed by atoms with Gasteiger partial charge in [-0.3, -0.25) is 4.79 Å². The van der Waals surface area contributed by atoms with Crippen molar-refractivity contribution in [3.63, 3.8) is 0 Å². The normalized spacial score (nSPS) is 17.9. The molecular weight excluding hydrogens is 188 g/mol. The highest BCUT2D eigenvalue weighted by molar-refractivity contribution is 5.86. The quantitative estimate of drug-likeness (QED) is 0.782. The van der Waals surface area contributed by atoms with Crippen molar-refractivity contribution in [2.75, 3.05) is 13.6 Å². The second-order valence-corrected chi connectivity index (χ2v) is 4.09. The molecule has 2 N–H and O–H groups in total. The van der Waals surface area contributed by atoms with E-state index in [4.69, 9.17) is 5.73 Å². The van der Waals surface area contributed by atoms with Gasteiger partial charge in [0.05, 0.1) is 5.54 Å². The Morgan fingerprint density at radius 1 is 1.33 bits per heavy atom. The van der Waals surface area contributed by atoms with Gasteiger partial charge in [-0.2, -0.15) is 0 Å². The number of nitrogens with zero attached hydrogens (tertiary/aromatic N) is 1. The number of hydrogen-bond acceptors (Lipinski definition) is 2. The molecule has 0 aliphatic heterocycles. The number of carbonyl (C=O) groups excluding carboxylic acids is 1. The van der Waals surface area contributed by atoms with Gasteiger partial charge in [-0.25, -0.2) is 0 Å². The van der Waals surface area contributed by atoms with Crippen LogP contribution >= 0.6 is 0 Å². The van der Waals surface area contributed by atoms with E-state index < -0.39 is 5.54 Å². The van der Waals surface area contributed by atoms with Crippen molar-refractivity contribution >= 4 is 5.91 Å². The van der Waals surface area contributed by atoms with Crippen LogP contribution in [-0.4, -0.2) is 29.9 Å². The van der Waals surface area contributed by atoms with Crippen LogP contribution in [0.3, 0.4) is 0 Å². The van der Waals surface area contributed by atoms with Crippen molar-refractivity contribution in [2.24, 2.45) is 5.73 Å². The first-order valence-electron chi connectivity index (χ1n) is 6.14. The molecule has 1 aliphatic carbocycles. The number of likely N-dealkylation sites (N-methyl/N-ethyl adjacent to an activating group) is 1. The summed E-state index contributed by atoms with van der Waals surface area (Å²) in [4.78, 5) is 13.6. The minimum absolute atomic E-state index is 0.131. The standard InChI is InChI=1S/C10H20N2O.C2H6/c1-3-8-12(2)9(13)10(11)6-4-5-7-10;1-2/h3-8,11H2,1-2H3;1-2H3. The molecule has 0 aromatic heterocycles. The van der Waals surface area contributed by atoms with Crippen molar-refractivity contribution in [3.8, 4) is 0 Å². The molecule has 0 unspecified atom stereocenters. The van der Waals surface area contributed by atoms with E-state index in [1.54, 1.807) is 4.90 Å². The van der Waals surface area contributed by atoms with Crippen molar-refractivity contribution in [2.45, 2.75) is 58.4 Å². The van der Waals surface area contributed by atoms with Gasteiger partial charge in [0, 0.05) is 13.6 Å². The molecule has 0 atom stereocenters. The van der Waals surface area contributed by atoms with E-state index in [0.29, 0.717) is 0 Å². The number of nitrogens with two attached hydrogens (primary N) is 1. The predicted molar refractivity (Wildman–Crippen MR) is 64.7 cm³/mol. The minimum Gasteiger partial charge on any atom is -0.344 e. The molecule has 0 bridgehead atoms. The molecule has 3 nitrogen and oxygen atoms in total. The summed E-state index contributed by atoms with van der Waals surface area (Å²) in [5.41, 5.74) is 5.50. The summed E-state index contributed by atoms with van der Waals surface area (Å²) in [7, 11) is 1.85. The van der Waals surface area contributed by atoms with Crippen LogP contribution in [0.2, 0.25) is 0 Å². The summed E-state index contributed by atoms with van der Waals surface area (Å²) in [6, 6.07) is 0. The summed E-state index contributed by atoms with van der Waals surface area (Å²) in [5.74, 6) is 0.131. The van der Waals surface area contributed by atoms with E-state index in [0.717, 1.165) is 38.6 Å². The third kappa shape index (κ3) is 3.82. The Labute approximate surface area is 94.0 Å². The SMILES string of the molecule is CC.CCCN(C)C(=O)C1(N)CCCC1. The fourth-order valence-electron chi connectivity index (χ4n) is 2.04. The van der Waals surface area contributed by atoms with Gasteiger partial charge < -0.3 is 10.6 Å². The third-order valence-electron chi connectivity index (χ3n) is 2.83. The summed E-state index contributed by atoms with van der Waals surface area (Å²) in [6.07, 6.45) is 4.92. The highest BCUT2D eigenvalue weighted by Crippen LogP contribution is 2.28. The van der Waals surface area contributed by atoms with Crippen LogP contribution in [0.4, 0.5) is 0 Å². The topological polar surface area (TPSA) is 46.3 Å². The third-order valence-corrected chi connectivity index (χ3v) is 2.83. The van der Waals surface area contributed by atoms with Gasteiger partial charge in [-0.1, -0.05) is 33.6 Å². The molecule has 0 aromatic rings. The van der Waals surface area contributed by atoms with Crippen molar-refractivity contribution < 1.29 is 4.79 Å². The monoisotopic (exact) mass is 214 g/mol. The van der Waals surface area contributed by atoms with Crippen LogP contribution in [-0.2, 0) is 4.79 Å². The van der Waals surface area contributed by atoms with E-state index in [1.807, 2.05) is 20.9 Å². The van der Waals surface area contributed by atoms with Gasteiger partial charge in [0.25, 0.3) is 0 Å². The molecule has 1 rings (SSSR count). The Hall–Kier alpha value is -0.570. The zero-order valence-electron chi connectivity index (χ0n) is 10.7. The highest BCUT2D eigenvalue weighted by atomic mass is 16.2. The van der Waals surface area contributed by atoms with Crippen LogP contribution in [0, 0.1) is 0 Å². The summed E-state index contributed by atoms with van der Waals surface area (Å²) in [5, 5.41) is 0. The molecule has 90 valence electrons. The average molecular weight is 214 g/mol. The van der Waals surface area contributed by atoms with E-state index in [9.17, 15) is 4.79 Å². The Kier molecular flexibility index (Phi) is 6.57. The predicted octanol–water partition coefficient (Wildman–Crippen LogP) is 2.15. The molecule has 0 radical (unpaired) electrons. The summed E-state index contributed by atoms with van der Waals surface area (Å²) in [6.45, 7) is 6.89. The molecule has 1 fully saturated rings.